The molecule has 134 valence electrons. The molecule has 0 aromatic heterocycles. The molecule has 0 aliphatic heterocycles. The lowest BCUT2D eigenvalue weighted by Crippen LogP contribution is -2.47. The maximum absolute atomic E-state index is 13.0. The molecule has 0 spiro atoms. The van der Waals surface area contributed by atoms with Crippen LogP contribution in [0.3, 0.4) is 0 Å². The van der Waals surface area contributed by atoms with Crippen molar-refractivity contribution >= 4 is 28.0 Å². The largest absolute Gasteiger partial charge is 0.281 e. The topological polar surface area (TPSA) is 37.4 Å². The van der Waals surface area contributed by atoms with Crippen molar-refractivity contribution in [2.75, 3.05) is 7.05 Å². The number of rotatable bonds is 5. The fraction of sp³-hybridized carbons (Fsp3) is 0.579. The van der Waals surface area contributed by atoms with Crippen molar-refractivity contribution in [2.24, 2.45) is 5.92 Å². The van der Waals surface area contributed by atoms with E-state index in [1.54, 1.807) is 7.05 Å². The summed E-state index contributed by atoms with van der Waals surface area (Å²) in [4.78, 5) is 26.5. The first-order valence-electron chi connectivity index (χ1n) is 8.69. The summed E-state index contributed by atoms with van der Waals surface area (Å²) in [6.45, 7) is 17.9. The number of imide groups is 1. The van der Waals surface area contributed by atoms with Crippen LogP contribution >= 0.6 is 0 Å². The van der Waals surface area contributed by atoms with E-state index in [1.807, 2.05) is 32.0 Å². The first-order valence-corrected chi connectivity index (χ1v) is 15.8. The van der Waals surface area contributed by atoms with Crippen molar-refractivity contribution in [1.29, 1.82) is 0 Å². The second-order valence-corrected chi connectivity index (χ2v) is 20.3. The number of hydrogen-bond acceptors (Lipinski definition) is 2. The Kier molecular flexibility index (Phi) is 6.39. The third-order valence-corrected chi connectivity index (χ3v) is 13.6. The van der Waals surface area contributed by atoms with Crippen molar-refractivity contribution < 1.29 is 9.59 Å². The molecule has 0 unspecified atom stereocenters. The minimum atomic E-state index is -1.52. The standard InChI is InChI=1S/C19H33NO2Si2/c1-14(2)17(21)20(3)18(22)15-12-10-11-13-16(15)19(23(4,5)6)24(7,8)9/h10-14,19H,1-9H3. The molecule has 0 aliphatic carbocycles. The van der Waals surface area contributed by atoms with Gasteiger partial charge in [0.2, 0.25) is 5.91 Å². The van der Waals surface area contributed by atoms with Crippen LogP contribution in [0, 0.1) is 5.92 Å². The monoisotopic (exact) mass is 363 g/mol. The second-order valence-electron chi connectivity index (χ2n) is 9.11. The second kappa shape index (κ2) is 7.36. The molecule has 0 saturated heterocycles. The van der Waals surface area contributed by atoms with Gasteiger partial charge in [0, 0.05) is 34.7 Å². The van der Waals surface area contributed by atoms with Crippen LogP contribution in [-0.4, -0.2) is 39.9 Å². The quantitative estimate of drug-likeness (QED) is 0.706. The van der Waals surface area contributed by atoms with Gasteiger partial charge in [0.15, 0.2) is 0 Å². The van der Waals surface area contributed by atoms with Gasteiger partial charge in [0.05, 0.1) is 0 Å². The molecule has 1 rings (SSSR count). The fourth-order valence-electron chi connectivity index (χ4n) is 3.84. The Morgan fingerprint density at radius 1 is 0.917 bits per heavy atom. The van der Waals surface area contributed by atoms with Gasteiger partial charge >= 0.3 is 0 Å². The Labute approximate surface area is 149 Å². The molecule has 0 fully saturated rings. The third-order valence-electron chi connectivity index (χ3n) is 4.36. The van der Waals surface area contributed by atoms with Gasteiger partial charge in [-0.3, -0.25) is 14.5 Å². The van der Waals surface area contributed by atoms with Gasteiger partial charge in [0.1, 0.15) is 0 Å². The summed E-state index contributed by atoms with van der Waals surface area (Å²) in [5.41, 5.74) is 1.84. The molecule has 0 heterocycles. The first-order chi connectivity index (χ1) is 10.8. The molecule has 0 saturated carbocycles. The van der Waals surface area contributed by atoms with Gasteiger partial charge in [0.25, 0.3) is 5.91 Å². The highest BCUT2D eigenvalue weighted by molar-refractivity contribution is 6.96. The number of benzene rings is 1. The van der Waals surface area contributed by atoms with Crippen LogP contribution in [0.15, 0.2) is 24.3 Å². The number of carbonyl (C=O) groups is 2. The summed E-state index contributed by atoms with van der Waals surface area (Å²) >= 11 is 0. The van der Waals surface area contributed by atoms with Gasteiger partial charge in [-0.2, -0.15) is 0 Å². The summed E-state index contributed by atoms with van der Waals surface area (Å²) in [6, 6.07) is 7.90. The smallest absolute Gasteiger partial charge is 0.260 e. The van der Waals surface area contributed by atoms with Crippen molar-refractivity contribution in [3.8, 4) is 0 Å². The van der Waals surface area contributed by atoms with Crippen LogP contribution in [0.2, 0.25) is 39.3 Å². The number of hydrogen-bond donors (Lipinski definition) is 0. The van der Waals surface area contributed by atoms with E-state index in [1.165, 1.54) is 4.90 Å². The number of amides is 2. The van der Waals surface area contributed by atoms with E-state index in [4.69, 9.17) is 0 Å². The Bertz CT molecular complexity index is 599. The van der Waals surface area contributed by atoms with Crippen LogP contribution in [0.1, 0.15) is 34.9 Å². The Hall–Kier alpha value is -1.21. The van der Waals surface area contributed by atoms with Crippen LogP contribution in [0.5, 0.6) is 0 Å². The van der Waals surface area contributed by atoms with Gasteiger partial charge in [-0.1, -0.05) is 71.3 Å². The highest BCUT2D eigenvalue weighted by Crippen LogP contribution is 2.37. The van der Waals surface area contributed by atoms with Gasteiger partial charge in [-0.05, 0) is 16.8 Å². The molecule has 2 amide bonds. The number of carbonyl (C=O) groups excluding carboxylic acids is 2. The van der Waals surface area contributed by atoms with Crippen molar-refractivity contribution in [2.45, 2.75) is 58.3 Å². The minimum absolute atomic E-state index is 0.132. The van der Waals surface area contributed by atoms with E-state index < -0.39 is 16.1 Å². The van der Waals surface area contributed by atoms with Crippen LogP contribution in [0.25, 0.3) is 0 Å². The fourth-order valence-corrected chi connectivity index (χ4v) is 16.6. The predicted molar refractivity (Wildman–Crippen MR) is 108 cm³/mol. The van der Waals surface area contributed by atoms with Gasteiger partial charge < -0.3 is 0 Å². The molecule has 24 heavy (non-hydrogen) atoms. The summed E-state index contributed by atoms with van der Waals surface area (Å²) in [6.07, 6.45) is 0. The summed E-state index contributed by atoms with van der Waals surface area (Å²) in [5.74, 6) is -0.492. The van der Waals surface area contributed by atoms with E-state index in [9.17, 15) is 9.59 Å². The molecule has 1 aromatic carbocycles. The lowest BCUT2D eigenvalue weighted by atomic mass is 10.1. The normalized spacial score (nSPS) is 12.6. The molecule has 3 nitrogen and oxygen atoms in total. The van der Waals surface area contributed by atoms with Crippen molar-refractivity contribution in [3.63, 3.8) is 0 Å². The average molecular weight is 364 g/mol. The molecular weight excluding hydrogens is 330 g/mol. The first kappa shape index (κ1) is 20.8. The van der Waals surface area contributed by atoms with Crippen molar-refractivity contribution in [1.82, 2.24) is 4.90 Å². The van der Waals surface area contributed by atoms with E-state index in [2.05, 4.69) is 45.3 Å². The summed E-state index contributed by atoms with van der Waals surface area (Å²) in [5, 5.41) is 0.465. The molecule has 0 N–H and O–H groups in total. The molecule has 0 aliphatic rings. The molecule has 5 heteroatoms. The highest BCUT2D eigenvalue weighted by atomic mass is 28.4. The molecule has 0 bridgehead atoms. The maximum atomic E-state index is 13.0. The van der Waals surface area contributed by atoms with Crippen LogP contribution < -0.4 is 0 Å². The van der Waals surface area contributed by atoms with E-state index in [0.29, 0.717) is 10.7 Å². The van der Waals surface area contributed by atoms with Crippen LogP contribution in [0.4, 0.5) is 0 Å². The Morgan fingerprint density at radius 3 is 1.79 bits per heavy atom. The third kappa shape index (κ3) is 4.66. The SMILES string of the molecule is CC(C)C(=O)N(C)C(=O)c1ccccc1C([Si](C)(C)C)[Si](C)(C)C. The molecule has 0 radical (unpaired) electrons. The summed E-state index contributed by atoms with van der Waals surface area (Å²) in [7, 11) is -1.44. The van der Waals surface area contributed by atoms with Gasteiger partial charge in [-0.25, -0.2) is 0 Å². The van der Waals surface area contributed by atoms with Crippen LogP contribution in [-0.2, 0) is 4.79 Å². The highest BCUT2D eigenvalue weighted by Gasteiger charge is 2.40. The average Bonchev–Trinajstić information content (AvgIpc) is 2.42. The molecule has 1 aromatic rings. The lowest BCUT2D eigenvalue weighted by Gasteiger charge is -2.40. The minimum Gasteiger partial charge on any atom is -0.281 e. The molecular formula is C19H33NO2Si2. The zero-order valence-electron chi connectivity index (χ0n) is 16.7. The molecule has 0 atom stereocenters. The zero-order valence-corrected chi connectivity index (χ0v) is 18.7. The zero-order chi connectivity index (χ0) is 18.9. The summed E-state index contributed by atoms with van der Waals surface area (Å²) < 4.78 is 0. The van der Waals surface area contributed by atoms with E-state index in [-0.39, 0.29) is 17.7 Å². The van der Waals surface area contributed by atoms with E-state index >= 15 is 0 Å². The number of nitrogens with zero attached hydrogens (tertiary/aromatic N) is 1. The van der Waals surface area contributed by atoms with E-state index in [0.717, 1.165) is 5.56 Å². The Balaban J connectivity index is 3.44. The predicted octanol–water partition coefficient (Wildman–Crippen LogP) is 4.78. The lowest BCUT2D eigenvalue weighted by molar-refractivity contribution is -0.130. The van der Waals surface area contributed by atoms with Gasteiger partial charge in [-0.15, -0.1) is 0 Å². The Morgan fingerprint density at radius 2 is 1.38 bits per heavy atom. The van der Waals surface area contributed by atoms with Crippen molar-refractivity contribution in [3.05, 3.63) is 35.4 Å². The maximum Gasteiger partial charge on any atom is 0.260 e.